The molecule has 0 aromatic heterocycles. The Morgan fingerprint density at radius 1 is 1.70 bits per heavy atom. The van der Waals surface area contributed by atoms with E-state index in [0.29, 0.717) is 0 Å². The van der Waals surface area contributed by atoms with Crippen molar-refractivity contribution in [1.29, 1.82) is 0 Å². The predicted molar refractivity (Wildman–Crippen MR) is 27.2 cm³/mol. The van der Waals surface area contributed by atoms with Gasteiger partial charge < -0.3 is 19.7 Å². The number of hydrogen-bond donors (Lipinski definition) is 1. The molecule has 0 aliphatic rings. The number of hydrogen-bond acceptors (Lipinski definition) is 4. The van der Waals surface area contributed by atoms with E-state index >= 15 is 0 Å². The molecule has 0 aromatic rings. The molecule has 0 bridgehead atoms. The van der Waals surface area contributed by atoms with E-state index in [2.05, 4.69) is 11.3 Å². The van der Waals surface area contributed by atoms with Gasteiger partial charge in [0.1, 0.15) is 18.3 Å². The molecular formula is C5H7NaO4. The maximum atomic E-state index is 9.79. The Labute approximate surface area is 80.8 Å². The quantitative estimate of drug-likeness (QED) is 0.251. The fourth-order valence-electron chi connectivity index (χ4n) is 0.228. The van der Waals surface area contributed by atoms with Crippen molar-refractivity contribution in [2.75, 3.05) is 13.2 Å². The zero-order valence-corrected chi connectivity index (χ0v) is 7.79. The molecule has 0 aromatic carbocycles. The summed E-state index contributed by atoms with van der Waals surface area (Å²) in [5.74, 6) is -1.91. The Morgan fingerprint density at radius 3 is 2.50 bits per heavy atom. The topological polar surface area (TPSA) is 69.6 Å². The summed E-state index contributed by atoms with van der Waals surface area (Å²) < 4.78 is 4.35. The Bertz CT molecular complexity index is 123. The molecule has 5 heteroatoms. The minimum atomic E-state index is -1.46. The summed E-state index contributed by atoms with van der Waals surface area (Å²) in [5.41, 5.74) is 0. The van der Waals surface area contributed by atoms with Crippen molar-refractivity contribution in [3.63, 3.8) is 0 Å². The first-order chi connectivity index (χ1) is 4.18. The van der Waals surface area contributed by atoms with Gasteiger partial charge in [0.2, 0.25) is 0 Å². The van der Waals surface area contributed by atoms with Gasteiger partial charge in [0.25, 0.3) is 0 Å². The number of rotatable bonds is 4. The van der Waals surface area contributed by atoms with Crippen molar-refractivity contribution in [2.24, 2.45) is 0 Å². The molecule has 0 unspecified atom stereocenters. The van der Waals surface area contributed by atoms with Crippen LogP contribution < -0.4 is 34.7 Å². The first-order valence-electron chi connectivity index (χ1n) is 2.32. The van der Waals surface area contributed by atoms with E-state index in [4.69, 9.17) is 5.11 Å². The van der Waals surface area contributed by atoms with Crippen LogP contribution in [0.5, 0.6) is 0 Å². The van der Waals surface area contributed by atoms with Crippen molar-refractivity contribution in [2.45, 2.75) is 0 Å². The van der Waals surface area contributed by atoms with Crippen molar-refractivity contribution in [3.8, 4) is 0 Å². The van der Waals surface area contributed by atoms with Gasteiger partial charge in [-0.1, -0.05) is 6.58 Å². The van der Waals surface area contributed by atoms with E-state index in [1.165, 1.54) is 0 Å². The number of carboxylic acids is 1. The third-order valence-corrected chi connectivity index (χ3v) is 0.595. The summed E-state index contributed by atoms with van der Waals surface area (Å²) in [6.45, 7) is 2.70. The molecule has 0 aliphatic carbocycles. The third kappa shape index (κ3) is 6.10. The van der Waals surface area contributed by atoms with Crippen LogP contribution in [0.1, 0.15) is 0 Å². The second kappa shape index (κ2) is 7.08. The molecule has 4 nitrogen and oxygen atoms in total. The van der Waals surface area contributed by atoms with E-state index in [9.17, 15) is 9.90 Å². The number of aliphatic hydroxyl groups is 1. The molecule has 0 saturated carbocycles. The van der Waals surface area contributed by atoms with Gasteiger partial charge in [0.15, 0.2) is 0 Å². The van der Waals surface area contributed by atoms with Crippen LogP contribution in [0.15, 0.2) is 12.3 Å². The Kier molecular flexibility index (Phi) is 8.94. The van der Waals surface area contributed by atoms with E-state index in [1.807, 2.05) is 0 Å². The molecule has 0 saturated heterocycles. The Balaban J connectivity index is 0. The van der Waals surface area contributed by atoms with E-state index in [0.717, 1.165) is 0 Å². The standard InChI is InChI=1S/C5H8O4.Na/c1-4(5(7)8)9-3-2-6;/h6H,1-3H2,(H,7,8);/q;+1/p-1. The summed E-state index contributed by atoms with van der Waals surface area (Å²) in [4.78, 5) is 9.79. The average molecular weight is 154 g/mol. The molecular weight excluding hydrogens is 147 g/mol. The molecule has 0 radical (unpaired) electrons. The molecule has 0 amide bonds. The molecule has 10 heavy (non-hydrogen) atoms. The first kappa shape index (κ1) is 12.6. The molecule has 52 valence electrons. The molecule has 0 rings (SSSR count). The van der Waals surface area contributed by atoms with Gasteiger partial charge >= 0.3 is 29.6 Å². The van der Waals surface area contributed by atoms with Gasteiger partial charge in [-0.05, 0) is 0 Å². The number of carbonyl (C=O) groups excluding carboxylic acids is 1. The Morgan fingerprint density at radius 2 is 2.20 bits per heavy atom. The molecule has 0 aliphatic heterocycles. The zero-order valence-electron chi connectivity index (χ0n) is 5.79. The SMILES string of the molecule is C=C(OCCO)C(=O)[O-].[Na+]. The van der Waals surface area contributed by atoms with Crippen molar-refractivity contribution in [3.05, 3.63) is 12.3 Å². The van der Waals surface area contributed by atoms with Crippen LogP contribution in [0.2, 0.25) is 0 Å². The van der Waals surface area contributed by atoms with E-state index in [-0.39, 0.29) is 42.8 Å². The molecule has 0 spiro atoms. The van der Waals surface area contributed by atoms with Crippen LogP contribution in [0, 0.1) is 0 Å². The van der Waals surface area contributed by atoms with Gasteiger partial charge in [-0.25, -0.2) is 0 Å². The largest absolute Gasteiger partial charge is 1.00 e. The second-order valence-electron chi connectivity index (χ2n) is 1.28. The van der Waals surface area contributed by atoms with Crippen molar-refractivity contribution in [1.82, 2.24) is 0 Å². The number of carbonyl (C=O) groups is 1. The average Bonchev–Trinajstić information content (AvgIpc) is 1.82. The van der Waals surface area contributed by atoms with Crippen LogP contribution >= 0.6 is 0 Å². The first-order valence-corrected chi connectivity index (χ1v) is 2.32. The van der Waals surface area contributed by atoms with Crippen molar-refractivity contribution >= 4 is 5.97 Å². The van der Waals surface area contributed by atoms with E-state index < -0.39 is 11.7 Å². The van der Waals surface area contributed by atoms with Crippen LogP contribution in [-0.2, 0) is 9.53 Å². The van der Waals surface area contributed by atoms with Gasteiger partial charge in [0, 0.05) is 0 Å². The summed E-state index contributed by atoms with van der Waals surface area (Å²) in [7, 11) is 0. The number of aliphatic carboxylic acids is 1. The zero-order chi connectivity index (χ0) is 7.28. The minimum Gasteiger partial charge on any atom is -0.542 e. The summed E-state index contributed by atoms with van der Waals surface area (Å²) >= 11 is 0. The molecule has 0 atom stereocenters. The summed E-state index contributed by atoms with van der Waals surface area (Å²) in [6.07, 6.45) is 0. The number of aliphatic hydroxyl groups excluding tert-OH is 1. The fourth-order valence-corrected chi connectivity index (χ4v) is 0.228. The third-order valence-electron chi connectivity index (χ3n) is 0.595. The van der Waals surface area contributed by atoms with Gasteiger partial charge in [-0.3, -0.25) is 0 Å². The summed E-state index contributed by atoms with van der Waals surface area (Å²) in [5, 5.41) is 17.9. The normalized spacial score (nSPS) is 7.70. The molecule has 0 fully saturated rings. The molecule has 1 N–H and O–H groups in total. The van der Waals surface area contributed by atoms with Crippen molar-refractivity contribution < 1.29 is 49.3 Å². The van der Waals surface area contributed by atoms with Crippen LogP contribution in [0.3, 0.4) is 0 Å². The smallest absolute Gasteiger partial charge is 0.542 e. The maximum Gasteiger partial charge on any atom is 1.00 e. The van der Waals surface area contributed by atoms with Gasteiger partial charge in [-0.15, -0.1) is 0 Å². The van der Waals surface area contributed by atoms with Crippen LogP contribution in [0.4, 0.5) is 0 Å². The summed E-state index contributed by atoms with van der Waals surface area (Å²) in [6, 6.07) is 0. The predicted octanol–water partition coefficient (Wildman–Crippen LogP) is -4.74. The Hall–Kier alpha value is -0.0300. The maximum absolute atomic E-state index is 9.79. The molecule has 0 heterocycles. The van der Waals surface area contributed by atoms with Crippen LogP contribution in [-0.4, -0.2) is 24.3 Å². The minimum absolute atomic E-state index is 0. The van der Waals surface area contributed by atoms with Crippen LogP contribution in [0.25, 0.3) is 0 Å². The second-order valence-corrected chi connectivity index (χ2v) is 1.28. The number of carboxylic acid groups (broad SMARTS) is 1. The fraction of sp³-hybridized carbons (Fsp3) is 0.400. The monoisotopic (exact) mass is 154 g/mol. The van der Waals surface area contributed by atoms with E-state index in [1.54, 1.807) is 0 Å². The number of ether oxygens (including phenoxy) is 1. The van der Waals surface area contributed by atoms with Gasteiger partial charge in [-0.2, -0.15) is 0 Å². The van der Waals surface area contributed by atoms with Gasteiger partial charge in [0.05, 0.1) is 6.61 Å².